The van der Waals surface area contributed by atoms with Crippen molar-refractivity contribution in [3.63, 3.8) is 0 Å². The predicted octanol–water partition coefficient (Wildman–Crippen LogP) is 5.15. The highest BCUT2D eigenvalue weighted by molar-refractivity contribution is 7.09. The Hall–Kier alpha value is -0.970. The van der Waals surface area contributed by atoms with Gasteiger partial charge in [-0.2, -0.15) is 0 Å². The van der Waals surface area contributed by atoms with E-state index in [1.165, 1.54) is 0 Å². The molecule has 1 N–H and O–H groups in total. The highest BCUT2D eigenvalue weighted by Crippen LogP contribution is 2.31. The van der Waals surface area contributed by atoms with E-state index in [0.717, 1.165) is 23.7 Å². The summed E-state index contributed by atoms with van der Waals surface area (Å²) in [6, 6.07) is 4.86. The SMILES string of the molecule is CCCNC(c1nc(C(C)C)cs1)c1cccc(Cl)c1F. The number of nitrogens with one attached hydrogen (secondary N) is 1. The molecule has 0 saturated heterocycles. The minimum atomic E-state index is -0.367. The van der Waals surface area contributed by atoms with Gasteiger partial charge in [0.25, 0.3) is 0 Å². The molecule has 0 saturated carbocycles. The van der Waals surface area contributed by atoms with Crippen molar-refractivity contribution in [1.29, 1.82) is 0 Å². The summed E-state index contributed by atoms with van der Waals surface area (Å²) in [5, 5.41) is 6.45. The molecule has 1 unspecified atom stereocenters. The van der Waals surface area contributed by atoms with Gasteiger partial charge >= 0.3 is 0 Å². The molecule has 1 aromatic heterocycles. The Balaban J connectivity index is 2.39. The fourth-order valence-corrected chi connectivity index (χ4v) is 3.31. The van der Waals surface area contributed by atoms with Crippen molar-refractivity contribution in [2.45, 2.75) is 39.2 Å². The van der Waals surface area contributed by atoms with Gasteiger partial charge in [-0.1, -0.05) is 44.5 Å². The van der Waals surface area contributed by atoms with Gasteiger partial charge in [-0.15, -0.1) is 11.3 Å². The van der Waals surface area contributed by atoms with Gasteiger partial charge in [-0.05, 0) is 24.9 Å². The van der Waals surface area contributed by atoms with Crippen LogP contribution in [0.15, 0.2) is 23.6 Å². The van der Waals surface area contributed by atoms with E-state index in [1.54, 1.807) is 29.5 Å². The van der Waals surface area contributed by atoms with Gasteiger partial charge in [0.1, 0.15) is 10.8 Å². The first-order valence-electron chi connectivity index (χ1n) is 7.17. The van der Waals surface area contributed by atoms with Crippen LogP contribution in [0.4, 0.5) is 4.39 Å². The highest BCUT2D eigenvalue weighted by atomic mass is 35.5. The second-order valence-electron chi connectivity index (χ2n) is 5.30. The van der Waals surface area contributed by atoms with Crippen molar-refractivity contribution < 1.29 is 4.39 Å². The molecule has 0 bridgehead atoms. The first-order valence-corrected chi connectivity index (χ1v) is 8.43. The van der Waals surface area contributed by atoms with Gasteiger partial charge in [0.05, 0.1) is 16.8 Å². The molecule has 0 radical (unpaired) electrons. The number of aromatic nitrogens is 1. The van der Waals surface area contributed by atoms with Crippen molar-refractivity contribution in [3.8, 4) is 0 Å². The highest BCUT2D eigenvalue weighted by Gasteiger charge is 2.22. The van der Waals surface area contributed by atoms with Gasteiger partial charge in [-0.25, -0.2) is 9.37 Å². The van der Waals surface area contributed by atoms with E-state index < -0.39 is 0 Å². The fraction of sp³-hybridized carbons (Fsp3) is 0.438. The average molecular weight is 327 g/mol. The molecule has 114 valence electrons. The molecule has 0 aliphatic carbocycles. The number of benzene rings is 1. The number of hydrogen-bond donors (Lipinski definition) is 1. The Morgan fingerprint density at radius 2 is 2.14 bits per heavy atom. The van der Waals surface area contributed by atoms with Gasteiger partial charge < -0.3 is 5.32 Å². The molecule has 0 aliphatic rings. The maximum absolute atomic E-state index is 14.3. The van der Waals surface area contributed by atoms with Crippen LogP contribution in [0, 0.1) is 5.82 Å². The van der Waals surface area contributed by atoms with Crippen LogP contribution in [-0.4, -0.2) is 11.5 Å². The fourth-order valence-electron chi connectivity index (χ4n) is 2.06. The van der Waals surface area contributed by atoms with E-state index in [1.807, 2.05) is 5.38 Å². The van der Waals surface area contributed by atoms with Crippen molar-refractivity contribution in [2.75, 3.05) is 6.54 Å². The lowest BCUT2D eigenvalue weighted by Crippen LogP contribution is -2.24. The largest absolute Gasteiger partial charge is 0.304 e. The summed E-state index contributed by atoms with van der Waals surface area (Å²) in [5.74, 6) is 0.0000927. The maximum atomic E-state index is 14.3. The zero-order chi connectivity index (χ0) is 15.4. The quantitative estimate of drug-likeness (QED) is 0.794. The minimum absolute atomic E-state index is 0.149. The number of halogens is 2. The van der Waals surface area contributed by atoms with E-state index >= 15 is 0 Å². The van der Waals surface area contributed by atoms with E-state index in [4.69, 9.17) is 11.6 Å². The van der Waals surface area contributed by atoms with Crippen LogP contribution < -0.4 is 5.32 Å². The molecular formula is C16H20ClFN2S. The summed E-state index contributed by atoms with van der Waals surface area (Å²) in [7, 11) is 0. The van der Waals surface area contributed by atoms with Gasteiger partial charge in [0, 0.05) is 10.9 Å². The Morgan fingerprint density at radius 1 is 1.38 bits per heavy atom. The van der Waals surface area contributed by atoms with Gasteiger partial charge in [-0.3, -0.25) is 0 Å². The second-order valence-corrected chi connectivity index (χ2v) is 6.59. The average Bonchev–Trinajstić information content (AvgIpc) is 2.93. The van der Waals surface area contributed by atoms with Crippen molar-refractivity contribution in [2.24, 2.45) is 0 Å². The van der Waals surface area contributed by atoms with E-state index in [2.05, 4.69) is 31.1 Å². The third-order valence-corrected chi connectivity index (χ3v) is 4.49. The van der Waals surface area contributed by atoms with Crippen molar-refractivity contribution >= 4 is 22.9 Å². The first-order chi connectivity index (χ1) is 10.0. The number of thiazole rings is 1. The summed E-state index contributed by atoms with van der Waals surface area (Å²) < 4.78 is 14.3. The lowest BCUT2D eigenvalue weighted by molar-refractivity contribution is 0.544. The van der Waals surface area contributed by atoms with E-state index in [0.29, 0.717) is 11.5 Å². The molecule has 0 fully saturated rings. The molecule has 1 atom stereocenters. The lowest BCUT2D eigenvalue weighted by Gasteiger charge is -2.18. The molecule has 5 heteroatoms. The van der Waals surface area contributed by atoms with E-state index in [-0.39, 0.29) is 16.9 Å². The maximum Gasteiger partial charge on any atom is 0.146 e. The number of hydrogen-bond acceptors (Lipinski definition) is 3. The summed E-state index contributed by atoms with van der Waals surface area (Å²) >= 11 is 7.48. The standard InChI is InChI=1S/C16H20ClFN2S/c1-4-8-19-15(11-6-5-7-12(17)14(11)18)16-20-13(9-21-16)10(2)3/h5-7,9-10,15,19H,4,8H2,1-3H3. The summed E-state index contributed by atoms with van der Waals surface area (Å²) in [6.45, 7) is 7.09. The normalized spacial score (nSPS) is 12.9. The van der Waals surface area contributed by atoms with Crippen LogP contribution >= 0.6 is 22.9 Å². The molecule has 1 aromatic carbocycles. The van der Waals surface area contributed by atoms with Crippen molar-refractivity contribution in [3.05, 3.63) is 50.7 Å². The summed E-state index contributed by atoms with van der Waals surface area (Å²) in [5.41, 5.74) is 1.60. The van der Waals surface area contributed by atoms with Crippen LogP contribution in [0.3, 0.4) is 0 Å². The van der Waals surface area contributed by atoms with Crippen LogP contribution in [0.2, 0.25) is 5.02 Å². The monoisotopic (exact) mass is 326 g/mol. The number of rotatable bonds is 6. The molecule has 2 rings (SSSR count). The van der Waals surface area contributed by atoms with Crippen LogP contribution in [0.5, 0.6) is 0 Å². The van der Waals surface area contributed by atoms with Crippen LogP contribution in [0.25, 0.3) is 0 Å². The predicted molar refractivity (Wildman–Crippen MR) is 87.7 cm³/mol. The Morgan fingerprint density at radius 3 is 2.76 bits per heavy atom. The van der Waals surface area contributed by atoms with Crippen LogP contribution in [0.1, 0.15) is 55.4 Å². The number of nitrogens with zero attached hydrogens (tertiary/aromatic N) is 1. The minimum Gasteiger partial charge on any atom is -0.304 e. The molecule has 1 heterocycles. The molecule has 0 amide bonds. The zero-order valence-electron chi connectivity index (χ0n) is 12.5. The molecule has 2 nitrogen and oxygen atoms in total. The summed E-state index contributed by atoms with van der Waals surface area (Å²) in [4.78, 5) is 4.66. The van der Waals surface area contributed by atoms with Crippen molar-refractivity contribution in [1.82, 2.24) is 10.3 Å². The Labute approximate surface area is 134 Å². The van der Waals surface area contributed by atoms with E-state index in [9.17, 15) is 4.39 Å². The second kappa shape index (κ2) is 7.34. The topological polar surface area (TPSA) is 24.9 Å². The molecular weight excluding hydrogens is 307 g/mol. The third kappa shape index (κ3) is 3.82. The van der Waals surface area contributed by atoms with Gasteiger partial charge in [0.2, 0.25) is 0 Å². The smallest absolute Gasteiger partial charge is 0.146 e. The third-order valence-electron chi connectivity index (χ3n) is 3.27. The zero-order valence-corrected chi connectivity index (χ0v) is 14.1. The lowest BCUT2D eigenvalue weighted by atomic mass is 10.1. The Bertz CT molecular complexity index is 598. The first kappa shape index (κ1) is 16.4. The Kier molecular flexibility index (Phi) is 5.73. The molecule has 21 heavy (non-hydrogen) atoms. The molecule has 0 spiro atoms. The molecule has 2 aromatic rings. The van der Waals surface area contributed by atoms with Crippen LogP contribution in [-0.2, 0) is 0 Å². The summed E-state index contributed by atoms with van der Waals surface area (Å²) in [6.07, 6.45) is 0.973. The molecule has 0 aliphatic heterocycles. The van der Waals surface area contributed by atoms with Gasteiger partial charge in [0.15, 0.2) is 0 Å².